The molecule has 16 heavy (non-hydrogen) atoms. The number of alkyl halides is 3. The van der Waals surface area contributed by atoms with Crippen molar-refractivity contribution < 1.29 is 13.2 Å². The van der Waals surface area contributed by atoms with Crippen LogP contribution in [0.15, 0.2) is 0 Å². The molecule has 0 saturated heterocycles. The summed E-state index contributed by atoms with van der Waals surface area (Å²) in [7, 11) is 0. The van der Waals surface area contributed by atoms with Crippen LogP contribution in [0.25, 0.3) is 0 Å². The topological polar surface area (TPSA) is 26.0 Å². The van der Waals surface area contributed by atoms with Crippen LogP contribution in [-0.2, 0) is 0 Å². The fourth-order valence-electron chi connectivity index (χ4n) is 4.67. The van der Waals surface area contributed by atoms with E-state index in [0.717, 1.165) is 19.3 Å². The van der Waals surface area contributed by atoms with Crippen LogP contribution in [0.3, 0.4) is 0 Å². The summed E-state index contributed by atoms with van der Waals surface area (Å²) in [5, 5.41) is 0. The minimum Gasteiger partial charge on any atom is -0.325 e. The van der Waals surface area contributed by atoms with E-state index in [1.807, 2.05) is 0 Å². The molecule has 5 heteroatoms. The fourth-order valence-corrected chi connectivity index (χ4v) is 4.67. The van der Waals surface area contributed by atoms with Gasteiger partial charge in [0.2, 0.25) is 0 Å². The number of hydrogen-bond acceptors (Lipinski definition) is 1. The van der Waals surface area contributed by atoms with Crippen molar-refractivity contribution in [3.05, 3.63) is 0 Å². The van der Waals surface area contributed by atoms with E-state index in [2.05, 4.69) is 0 Å². The van der Waals surface area contributed by atoms with Gasteiger partial charge in [-0.05, 0) is 50.4 Å². The van der Waals surface area contributed by atoms with Crippen LogP contribution in [0.4, 0.5) is 13.2 Å². The Balaban J connectivity index is 0.000000963. The van der Waals surface area contributed by atoms with Gasteiger partial charge in [0.25, 0.3) is 0 Å². The number of nitrogens with two attached hydrogens (primary N) is 1. The standard InChI is InChI=1S/C11H16F3N.ClH/c12-11(13,14)9-2-7-1-8(3-9)5-10(15,4-7)6-9;/h7-8H,1-6,15H2;1H. The highest BCUT2D eigenvalue weighted by Crippen LogP contribution is 2.65. The van der Waals surface area contributed by atoms with E-state index in [4.69, 9.17) is 5.73 Å². The zero-order valence-corrected chi connectivity index (χ0v) is 9.83. The van der Waals surface area contributed by atoms with Crippen LogP contribution in [0.1, 0.15) is 38.5 Å². The molecule has 0 heterocycles. The van der Waals surface area contributed by atoms with Crippen LogP contribution in [0.2, 0.25) is 0 Å². The van der Waals surface area contributed by atoms with Crippen LogP contribution < -0.4 is 5.73 Å². The molecule has 4 aliphatic rings. The Morgan fingerprint density at radius 2 is 1.50 bits per heavy atom. The van der Waals surface area contributed by atoms with Gasteiger partial charge in [0.15, 0.2) is 0 Å². The first-order chi connectivity index (χ1) is 6.82. The molecule has 1 nitrogen and oxygen atoms in total. The fraction of sp³-hybridized carbons (Fsp3) is 1.00. The Labute approximate surface area is 99.4 Å². The van der Waals surface area contributed by atoms with Crippen molar-refractivity contribution in [2.75, 3.05) is 0 Å². The van der Waals surface area contributed by atoms with Crippen molar-refractivity contribution in [1.82, 2.24) is 0 Å². The lowest BCUT2D eigenvalue weighted by Crippen LogP contribution is -2.63. The van der Waals surface area contributed by atoms with E-state index in [-0.39, 0.29) is 30.7 Å². The minimum absolute atomic E-state index is 0. The number of hydrogen-bond donors (Lipinski definition) is 1. The van der Waals surface area contributed by atoms with Gasteiger partial charge >= 0.3 is 6.18 Å². The second kappa shape index (κ2) is 3.29. The van der Waals surface area contributed by atoms with Gasteiger partial charge in [-0.3, -0.25) is 0 Å². The first kappa shape index (κ1) is 12.5. The second-order valence-electron chi connectivity index (χ2n) is 6.10. The van der Waals surface area contributed by atoms with Gasteiger partial charge in [0.05, 0.1) is 5.41 Å². The first-order valence-electron chi connectivity index (χ1n) is 5.68. The molecule has 4 rings (SSSR count). The Bertz CT molecular complexity index is 288. The molecule has 4 aliphatic carbocycles. The summed E-state index contributed by atoms with van der Waals surface area (Å²) in [5.41, 5.74) is 4.18. The van der Waals surface area contributed by atoms with Crippen LogP contribution in [0, 0.1) is 17.3 Å². The minimum atomic E-state index is -4.05. The van der Waals surface area contributed by atoms with Gasteiger partial charge in [0.1, 0.15) is 0 Å². The molecule has 0 aromatic rings. The maximum absolute atomic E-state index is 13.1. The van der Waals surface area contributed by atoms with Gasteiger partial charge in [0, 0.05) is 5.54 Å². The SMILES string of the molecule is Cl.NC12CC3CC(C1)CC(C(F)(F)F)(C3)C2. The first-order valence-corrected chi connectivity index (χ1v) is 5.68. The van der Waals surface area contributed by atoms with Crippen molar-refractivity contribution >= 4 is 12.4 Å². The summed E-state index contributed by atoms with van der Waals surface area (Å²) in [6, 6.07) is 0. The van der Waals surface area contributed by atoms with E-state index in [0.29, 0.717) is 12.8 Å². The third-order valence-electron chi connectivity index (χ3n) is 4.71. The summed E-state index contributed by atoms with van der Waals surface area (Å²) >= 11 is 0. The molecule has 2 atom stereocenters. The highest BCUT2D eigenvalue weighted by molar-refractivity contribution is 5.85. The highest BCUT2D eigenvalue weighted by Gasteiger charge is 2.66. The Morgan fingerprint density at radius 1 is 1.00 bits per heavy atom. The van der Waals surface area contributed by atoms with E-state index >= 15 is 0 Å². The molecule has 0 aliphatic heterocycles. The summed E-state index contributed by atoms with van der Waals surface area (Å²) in [5.74, 6) is 0.468. The van der Waals surface area contributed by atoms with Crippen LogP contribution in [0.5, 0.6) is 0 Å². The summed E-state index contributed by atoms with van der Waals surface area (Å²) in [6.07, 6.45) is -0.566. The molecule has 2 unspecified atom stereocenters. The average molecular weight is 256 g/mol. The third-order valence-corrected chi connectivity index (χ3v) is 4.71. The van der Waals surface area contributed by atoms with Gasteiger partial charge < -0.3 is 5.73 Å². The van der Waals surface area contributed by atoms with E-state index in [1.54, 1.807) is 0 Å². The number of rotatable bonds is 0. The van der Waals surface area contributed by atoms with E-state index < -0.39 is 17.1 Å². The largest absolute Gasteiger partial charge is 0.394 e. The Hall–Kier alpha value is 0.0400. The monoisotopic (exact) mass is 255 g/mol. The van der Waals surface area contributed by atoms with Gasteiger partial charge in [-0.1, -0.05) is 0 Å². The molecule has 0 aromatic carbocycles. The average Bonchev–Trinajstić information content (AvgIpc) is 1.95. The van der Waals surface area contributed by atoms with E-state index in [9.17, 15) is 13.2 Å². The smallest absolute Gasteiger partial charge is 0.325 e. The van der Waals surface area contributed by atoms with E-state index in [1.165, 1.54) is 0 Å². The van der Waals surface area contributed by atoms with Crippen molar-refractivity contribution in [2.45, 2.75) is 50.2 Å². The molecule has 0 radical (unpaired) electrons. The van der Waals surface area contributed by atoms with Crippen LogP contribution >= 0.6 is 12.4 Å². The van der Waals surface area contributed by atoms with Crippen molar-refractivity contribution in [1.29, 1.82) is 0 Å². The molecule has 4 fully saturated rings. The highest BCUT2D eigenvalue weighted by atomic mass is 35.5. The predicted molar refractivity (Wildman–Crippen MR) is 57.3 cm³/mol. The quantitative estimate of drug-likeness (QED) is 0.706. The van der Waals surface area contributed by atoms with Crippen LogP contribution in [-0.4, -0.2) is 11.7 Å². The number of halogens is 4. The molecule has 0 aromatic heterocycles. The maximum Gasteiger partial charge on any atom is 0.394 e. The second-order valence-corrected chi connectivity index (χ2v) is 6.10. The lowest BCUT2D eigenvalue weighted by molar-refractivity contribution is -0.275. The van der Waals surface area contributed by atoms with Crippen molar-refractivity contribution in [2.24, 2.45) is 23.0 Å². The van der Waals surface area contributed by atoms with Gasteiger partial charge in [-0.15, -0.1) is 12.4 Å². The Morgan fingerprint density at radius 3 is 1.88 bits per heavy atom. The summed E-state index contributed by atoms with van der Waals surface area (Å²) < 4.78 is 39.3. The molecule has 4 saturated carbocycles. The molecular formula is C11H17ClF3N. The molecule has 0 amide bonds. The predicted octanol–water partition coefficient (Wildman–Crippen LogP) is 3.27. The zero-order valence-electron chi connectivity index (χ0n) is 9.02. The molecule has 2 N–H and O–H groups in total. The van der Waals surface area contributed by atoms with Crippen molar-refractivity contribution in [3.8, 4) is 0 Å². The maximum atomic E-state index is 13.1. The summed E-state index contributed by atoms with van der Waals surface area (Å²) in [4.78, 5) is 0. The third kappa shape index (κ3) is 1.57. The molecule has 94 valence electrons. The van der Waals surface area contributed by atoms with Gasteiger partial charge in [-0.2, -0.15) is 13.2 Å². The normalized spacial score (nSPS) is 50.2. The summed E-state index contributed by atoms with van der Waals surface area (Å²) in [6.45, 7) is 0. The lowest BCUT2D eigenvalue weighted by Gasteiger charge is -2.61. The Kier molecular flexibility index (Phi) is 2.57. The molecule has 0 spiro atoms. The molecular weight excluding hydrogens is 239 g/mol. The van der Waals surface area contributed by atoms with Crippen molar-refractivity contribution in [3.63, 3.8) is 0 Å². The van der Waals surface area contributed by atoms with Gasteiger partial charge in [-0.25, -0.2) is 0 Å². The lowest BCUT2D eigenvalue weighted by atomic mass is 9.47. The zero-order chi connectivity index (χ0) is 10.9. The molecule has 4 bridgehead atoms.